The highest BCUT2D eigenvalue weighted by Gasteiger charge is 2.25. The molecule has 0 bridgehead atoms. The Morgan fingerprint density at radius 2 is 2.26 bits per heavy atom. The summed E-state index contributed by atoms with van der Waals surface area (Å²) in [7, 11) is 0. The first kappa shape index (κ1) is 13.7. The second-order valence-corrected chi connectivity index (χ2v) is 4.39. The first-order chi connectivity index (χ1) is 9.29. The topological polar surface area (TPSA) is 64.5 Å². The number of carbonyl (C=O) groups is 1. The first-order valence-corrected chi connectivity index (χ1v) is 6.58. The van der Waals surface area contributed by atoms with Crippen molar-refractivity contribution < 1.29 is 14.3 Å². The molecule has 1 fully saturated rings. The van der Waals surface area contributed by atoms with E-state index in [9.17, 15) is 4.79 Å². The quantitative estimate of drug-likeness (QED) is 0.791. The molecule has 0 radical (unpaired) electrons. The van der Waals surface area contributed by atoms with Gasteiger partial charge in [0.05, 0.1) is 6.54 Å². The van der Waals surface area contributed by atoms with Crippen molar-refractivity contribution in [2.75, 3.05) is 26.3 Å². The summed E-state index contributed by atoms with van der Waals surface area (Å²) >= 11 is 0. The van der Waals surface area contributed by atoms with E-state index >= 15 is 0 Å². The Kier molecular flexibility index (Phi) is 5.09. The summed E-state index contributed by atoms with van der Waals surface area (Å²) in [4.78, 5) is 21.7. The molecule has 0 aromatic carbocycles. The second kappa shape index (κ2) is 7.04. The first-order valence-electron chi connectivity index (χ1n) is 6.58. The van der Waals surface area contributed by atoms with E-state index in [4.69, 9.17) is 9.47 Å². The molecule has 1 unspecified atom stereocenters. The van der Waals surface area contributed by atoms with Gasteiger partial charge in [0, 0.05) is 25.5 Å². The van der Waals surface area contributed by atoms with Gasteiger partial charge in [-0.25, -0.2) is 9.97 Å². The van der Waals surface area contributed by atoms with Gasteiger partial charge in [-0.15, -0.1) is 0 Å². The van der Waals surface area contributed by atoms with E-state index < -0.39 is 0 Å². The van der Waals surface area contributed by atoms with Gasteiger partial charge in [0.1, 0.15) is 12.7 Å². The predicted octanol–water partition coefficient (Wildman–Crippen LogP) is 0.883. The molecular formula is C13H19N3O3. The van der Waals surface area contributed by atoms with Crippen LogP contribution in [0.1, 0.15) is 19.8 Å². The molecular weight excluding hydrogens is 246 g/mol. The number of piperidine rings is 1. The minimum absolute atomic E-state index is 0.0177. The van der Waals surface area contributed by atoms with Gasteiger partial charge in [-0.2, -0.15) is 0 Å². The highest BCUT2D eigenvalue weighted by molar-refractivity contribution is 5.77. The van der Waals surface area contributed by atoms with Gasteiger partial charge in [0.2, 0.25) is 5.91 Å². The van der Waals surface area contributed by atoms with E-state index in [-0.39, 0.29) is 18.6 Å². The Hall–Kier alpha value is -1.69. The molecule has 104 valence electrons. The maximum atomic E-state index is 11.9. The summed E-state index contributed by atoms with van der Waals surface area (Å²) in [5, 5.41) is 0. The fourth-order valence-electron chi connectivity index (χ4n) is 2.04. The van der Waals surface area contributed by atoms with Crippen LogP contribution in [0.4, 0.5) is 0 Å². The van der Waals surface area contributed by atoms with E-state index in [0.717, 1.165) is 19.4 Å². The Morgan fingerprint density at radius 1 is 1.47 bits per heavy atom. The SMILES string of the molecule is CCOCC(=O)N1CCCC(Oc2ncccn2)C1. The van der Waals surface area contributed by atoms with Crippen molar-refractivity contribution in [2.24, 2.45) is 0 Å². The van der Waals surface area contributed by atoms with Gasteiger partial charge in [0.25, 0.3) is 0 Å². The van der Waals surface area contributed by atoms with Gasteiger partial charge < -0.3 is 14.4 Å². The number of rotatable bonds is 5. The molecule has 1 aliphatic heterocycles. The Morgan fingerprint density at radius 3 is 3.00 bits per heavy atom. The zero-order chi connectivity index (χ0) is 13.5. The van der Waals surface area contributed by atoms with Crippen molar-refractivity contribution >= 4 is 5.91 Å². The van der Waals surface area contributed by atoms with Crippen LogP contribution in [-0.2, 0) is 9.53 Å². The summed E-state index contributed by atoms with van der Waals surface area (Å²) in [5.41, 5.74) is 0. The molecule has 6 heteroatoms. The lowest BCUT2D eigenvalue weighted by atomic mass is 10.1. The second-order valence-electron chi connectivity index (χ2n) is 4.39. The van der Waals surface area contributed by atoms with Crippen molar-refractivity contribution in [3.05, 3.63) is 18.5 Å². The van der Waals surface area contributed by atoms with Crippen LogP contribution in [0.5, 0.6) is 6.01 Å². The molecule has 1 amide bonds. The van der Waals surface area contributed by atoms with Gasteiger partial charge in [-0.1, -0.05) is 0 Å². The molecule has 1 atom stereocenters. The number of aromatic nitrogens is 2. The highest BCUT2D eigenvalue weighted by Crippen LogP contribution is 2.15. The van der Waals surface area contributed by atoms with Crippen LogP contribution in [0.25, 0.3) is 0 Å². The van der Waals surface area contributed by atoms with Crippen molar-refractivity contribution in [3.63, 3.8) is 0 Å². The van der Waals surface area contributed by atoms with Crippen molar-refractivity contribution in [1.82, 2.24) is 14.9 Å². The Balaban J connectivity index is 1.85. The largest absolute Gasteiger partial charge is 0.458 e. The minimum Gasteiger partial charge on any atom is -0.458 e. The lowest BCUT2D eigenvalue weighted by Crippen LogP contribution is -2.45. The lowest BCUT2D eigenvalue weighted by molar-refractivity contribution is -0.138. The average molecular weight is 265 g/mol. The van der Waals surface area contributed by atoms with Crippen LogP contribution >= 0.6 is 0 Å². The molecule has 19 heavy (non-hydrogen) atoms. The highest BCUT2D eigenvalue weighted by atomic mass is 16.5. The summed E-state index contributed by atoms with van der Waals surface area (Å²) < 4.78 is 10.8. The van der Waals surface area contributed by atoms with E-state index in [0.29, 0.717) is 19.2 Å². The fourth-order valence-corrected chi connectivity index (χ4v) is 2.04. The fraction of sp³-hybridized carbons (Fsp3) is 0.615. The monoisotopic (exact) mass is 265 g/mol. The van der Waals surface area contributed by atoms with Crippen LogP contribution in [0.2, 0.25) is 0 Å². The zero-order valence-electron chi connectivity index (χ0n) is 11.1. The molecule has 1 aromatic rings. The van der Waals surface area contributed by atoms with E-state index in [1.807, 2.05) is 6.92 Å². The molecule has 0 spiro atoms. The third-order valence-electron chi connectivity index (χ3n) is 2.97. The smallest absolute Gasteiger partial charge is 0.316 e. The van der Waals surface area contributed by atoms with Gasteiger partial charge in [0.15, 0.2) is 0 Å². The van der Waals surface area contributed by atoms with Crippen molar-refractivity contribution in [2.45, 2.75) is 25.9 Å². The predicted molar refractivity (Wildman–Crippen MR) is 68.8 cm³/mol. The number of hydrogen-bond donors (Lipinski definition) is 0. The van der Waals surface area contributed by atoms with Crippen LogP contribution in [0.15, 0.2) is 18.5 Å². The summed E-state index contributed by atoms with van der Waals surface area (Å²) in [6, 6.07) is 2.11. The van der Waals surface area contributed by atoms with E-state index in [2.05, 4.69) is 9.97 Å². The Labute approximate surface area is 112 Å². The van der Waals surface area contributed by atoms with Gasteiger partial charge in [-0.05, 0) is 25.8 Å². The van der Waals surface area contributed by atoms with Crippen LogP contribution in [0, 0.1) is 0 Å². The molecule has 0 N–H and O–H groups in total. The maximum absolute atomic E-state index is 11.9. The Bertz CT molecular complexity index is 399. The van der Waals surface area contributed by atoms with Crippen LogP contribution < -0.4 is 4.74 Å². The summed E-state index contributed by atoms with van der Waals surface area (Å²) in [6.07, 6.45) is 5.08. The summed E-state index contributed by atoms with van der Waals surface area (Å²) in [6.45, 7) is 3.91. The standard InChI is InChI=1S/C13H19N3O3/c1-2-18-10-12(17)16-8-3-5-11(9-16)19-13-14-6-4-7-15-13/h4,6-7,11H,2-3,5,8-10H2,1H3. The maximum Gasteiger partial charge on any atom is 0.316 e. The third-order valence-corrected chi connectivity index (χ3v) is 2.97. The summed E-state index contributed by atoms with van der Waals surface area (Å²) in [5.74, 6) is 0.0177. The molecule has 0 aliphatic carbocycles. The molecule has 1 saturated heterocycles. The van der Waals surface area contributed by atoms with Crippen LogP contribution in [-0.4, -0.2) is 53.2 Å². The van der Waals surface area contributed by atoms with Crippen molar-refractivity contribution in [3.8, 4) is 6.01 Å². The minimum atomic E-state index is -0.0401. The van der Waals surface area contributed by atoms with E-state index in [1.165, 1.54) is 0 Å². The number of ether oxygens (including phenoxy) is 2. The lowest BCUT2D eigenvalue weighted by Gasteiger charge is -2.32. The van der Waals surface area contributed by atoms with Gasteiger partial charge in [-0.3, -0.25) is 4.79 Å². The normalized spacial score (nSPS) is 19.2. The number of amides is 1. The van der Waals surface area contributed by atoms with Gasteiger partial charge >= 0.3 is 6.01 Å². The average Bonchev–Trinajstić information content (AvgIpc) is 2.46. The number of likely N-dealkylation sites (tertiary alicyclic amines) is 1. The third kappa shape index (κ3) is 4.17. The molecule has 2 rings (SSSR count). The zero-order valence-corrected chi connectivity index (χ0v) is 11.1. The molecule has 0 saturated carbocycles. The molecule has 1 aromatic heterocycles. The van der Waals surface area contributed by atoms with Crippen LogP contribution in [0.3, 0.4) is 0 Å². The molecule has 6 nitrogen and oxygen atoms in total. The molecule has 2 heterocycles. The number of hydrogen-bond acceptors (Lipinski definition) is 5. The molecule has 1 aliphatic rings. The number of nitrogens with zero attached hydrogens (tertiary/aromatic N) is 3. The number of carbonyl (C=O) groups excluding carboxylic acids is 1. The van der Waals surface area contributed by atoms with E-state index in [1.54, 1.807) is 23.4 Å². The van der Waals surface area contributed by atoms with Crippen molar-refractivity contribution in [1.29, 1.82) is 0 Å².